The molecule has 24 heavy (non-hydrogen) atoms. The molecule has 1 aromatic heterocycles. The Bertz CT molecular complexity index is 953. The minimum absolute atomic E-state index is 0.108. The zero-order valence-corrected chi connectivity index (χ0v) is 15.7. The Morgan fingerprint density at radius 1 is 1.04 bits per heavy atom. The molecule has 0 bridgehead atoms. The van der Waals surface area contributed by atoms with Crippen LogP contribution in [0.2, 0.25) is 0 Å². The molecule has 0 atom stereocenters. The molecule has 3 aromatic rings. The summed E-state index contributed by atoms with van der Waals surface area (Å²) in [5.74, 6) is -0.108. The zero-order chi connectivity index (χ0) is 17.2. The van der Waals surface area contributed by atoms with Crippen molar-refractivity contribution in [2.75, 3.05) is 4.72 Å². The van der Waals surface area contributed by atoms with Crippen LogP contribution in [0.3, 0.4) is 0 Å². The first-order valence-electron chi connectivity index (χ1n) is 7.07. The molecule has 0 spiro atoms. The maximum atomic E-state index is 12.5. The minimum Gasteiger partial charge on any atom is -0.506 e. The van der Waals surface area contributed by atoms with E-state index in [2.05, 4.69) is 20.7 Å². The first-order chi connectivity index (χ1) is 11.5. The molecule has 0 saturated heterocycles. The van der Waals surface area contributed by atoms with E-state index in [1.54, 1.807) is 23.6 Å². The molecule has 1 heterocycles. The van der Waals surface area contributed by atoms with Gasteiger partial charge in [0.25, 0.3) is 10.0 Å². The van der Waals surface area contributed by atoms with Gasteiger partial charge in [-0.15, -0.1) is 11.3 Å². The van der Waals surface area contributed by atoms with Gasteiger partial charge in [0.05, 0.1) is 5.69 Å². The number of phenols is 1. The molecule has 0 aliphatic heterocycles. The van der Waals surface area contributed by atoms with Crippen LogP contribution in [0.15, 0.2) is 68.7 Å². The maximum absolute atomic E-state index is 12.5. The van der Waals surface area contributed by atoms with Crippen molar-refractivity contribution >= 4 is 43.0 Å². The topological polar surface area (TPSA) is 66.4 Å². The Kier molecular flexibility index (Phi) is 4.93. The fraction of sp³-hybridized carbons (Fsp3) is 0.0588. The quantitative estimate of drug-likeness (QED) is 0.588. The zero-order valence-electron chi connectivity index (χ0n) is 12.4. The van der Waals surface area contributed by atoms with Gasteiger partial charge < -0.3 is 5.11 Å². The average molecular weight is 424 g/mol. The van der Waals surface area contributed by atoms with Crippen LogP contribution in [-0.2, 0) is 16.4 Å². The fourth-order valence-electron chi connectivity index (χ4n) is 2.27. The third-order valence-corrected chi connectivity index (χ3v) is 7.42. The predicted molar refractivity (Wildman–Crippen MR) is 100 cm³/mol. The summed E-state index contributed by atoms with van der Waals surface area (Å²) in [6.45, 7) is 0. The molecule has 0 saturated carbocycles. The lowest BCUT2D eigenvalue weighted by Gasteiger charge is -2.11. The number of benzene rings is 2. The van der Waals surface area contributed by atoms with Crippen LogP contribution in [0, 0.1) is 0 Å². The Hall–Kier alpha value is -1.83. The molecule has 2 aromatic carbocycles. The van der Waals surface area contributed by atoms with Gasteiger partial charge in [-0.1, -0.05) is 36.4 Å². The molecule has 3 rings (SSSR count). The van der Waals surface area contributed by atoms with Crippen LogP contribution in [0.4, 0.5) is 5.69 Å². The monoisotopic (exact) mass is 423 g/mol. The number of halogens is 1. The Balaban J connectivity index is 1.88. The van der Waals surface area contributed by atoms with Gasteiger partial charge in [-0.25, -0.2) is 8.42 Å². The summed E-state index contributed by atoms with van der Waals surface area (Å²) < 4.78 is 28.1. The minimum atomic E-state index is -3.75. The first kappa shape index (κ1) is 17.0. The van der Waals surface area contributed by atoms with Crippen molar-refractivity contribution in [1.82, 2.24) is 0 Å². The fourth-order valence-corrected chi connectivity index (χ4v) is 5.67. The molecule has 7 heteroatoms. The lowest BCUT2D eigenvalue weighted by molar-refractivity contribution is 0.477. The van der Waals surface area contributed by atoms with Crippen LogP contribution in [0.5, 0.6) is 5.75 Å². The molecule has 0 radical (unpaired) electrons. The second kappa shape index (κ2) is 6.96. The Morgan fingerprint density at radius 3 is 2.46 bits per heavy atom. The number of hydrogen-bond donors (Lipinski definition) is 2. The third kappa shape index (κ3) is 3.80. The van der Waals surface area contributed by atoms with E-state index in [-0.39, 0.29) is 15.6 Å². The van der Waals surface area contributed by atoms with Crippen molar-refractivity contribution in [2.45, 2.75) is 10.6 Å². The highest BCUT2D eigenvalue weighted by Crippen LogP contribution is 2.32. The van der Waals surface area contributed by atoms with Crippen LogP contribution in [0.25, 0.3) is 0 Å². The van der Waals surface area contributed by atoms with Gasteiger partial charge in [0.1, 0.15) is 5.75 Å². The van der Waals surface area contributed by atoms with Gasteiger partial charge in [-0.3, -0.25) is 4.72 Å². The van der Waals surface area contributed by atoms with Crippen molar-refractivity contribution in [3.05, 3.63) is 75.6 Å². The Morgan fingerprint density at radius 2 is 1.79 bits per heavy atom. The molecule has 2 N–H and O–H groups in total. The van der Waals surface area contributed by atoms with Crippen molar-refractivity contribution in [3.63, 3.8) is 0 Å². The molecular weight excluding hydrogens is 410 g/mol. The lowest BCUT2D eigenvalue weighted by atomic mass is 10.0. The number of nitrogens with one attached hydrogen (secondary N) is 1. The van der Waals surface area contributed by atoms with E-state index in [1.165, 1.54) is 6.07 Å². The van der Waals surface area contributed by atoms with E-state index in [9.17, 15) is 13.5 Å². The van der Waals surface area contributed by atoms with Gasteiger partial charge in [-0.2, -0.15) is 0 Å². The summed E-state index contributed by atoms with van der Waals surface area (Å²) >= 11 is 4.33. The summed E-state index contributed by atoms with van der Waals surface area (Å²) in [5.41, 5.74) is 2.18. The van der Waals surface area contributed by atoms with Crippen molar-refractivity contribution in [2.24, 2.45) is 0 Å². The number of hydrogen-bond acceptors (Lipinski definition) is 4. The number of rotatable bonds is 5. The predicted octanol–water partition coefficient (Wildman–Crippen LogP) is 4.61. The van der Waals surface area contributed by atoms with Gasteiger partial charge in [0, 0.05) is 4.47 Å². The van der Waals surface area contributed by atoms with Gasteiger partial charge in [0.2, 0.25) is 0 Å². The van der Waals surface area contributed by atoms with E-state index >= 15 is 0 Å². The number of anilines is 1. The summed E-state index contributed by atoms with van der Waals surface area (Å²) in [6, 6.07) is 16.5. The first-order valence-corrected chi connectivity index (χ1v) is 10.2. The van der Waals surface area contributed by atoms with Crippen molar-refractivity contribution in [1.29, 1.82) is 0 Å². The summed E-state index contributed by atoms with van der Waals surface area (Å²) in [5, 5.41) is 11.7. The number of thiophene rings is 1. The van der Waals surface area contributed by atoms with Crippen LogP contribution in [-0.4, -0.2) is 13.5 Å². The van der Waals surface area contributed by atoms with Crippen LogP contribution < -0.4 is 4.72 Å². The number of sulfonamides is 1. The largest absolute Gasteiger partial charge is 0.506 e. The van der Waals surface area contributed by atoms with E-state index in [4.69, 9.17) is 0 Å². The molecule has 0 unspecified atom stereocenters. The highest BCUT2D eigenvalue weighted by atomic mass is 79.9. The number of aromatic hydroxyl groups is 1. The molecule has 0 fully saturated rings. The molecule has 0 aliphatic carbocycles. The smallest absolute Gasteiger partial charge is 0.272 e. The van der Waals surface area contributed by atoms with E-state index in [0.29, 0.717) is 10.9 Å². The second-order valence-electron chi connectivity index (χ2n) is 5.18. The second-order valence-corrected chi connectivity index (χ2v) is 8.82. The summed E-state index contributed by atoms with van der Waals surface area (Å²) in [7, 11) is -3.75. The van der Waals surface area contributed by atoms with E-state index < -0.39 is 10.0 Å². The Labute approximate surface area is 153 Å². The van der Waals surface area contributed by atoms with Crippen molar-refractivity contribution in [3.8, 4) is 5.75 Å². The highest BCUT2D eigenvalue weighted by Gasteiger charge is 2.20. The van der Waals surface area contributed by atoms with E-state index in [0.717, 1.165) is 22.5 Å². The molecule has 4 nitrogen and oxygen atoms in total. The van der Waals surface area contributed by atoms with Crippen LogP contribution in [0.1, 0.15) is 11.1 Å². The molecule has 124 valence electrons. The van der Waals surface area contributed by atoms with Crippen LogP contribution >= 0.6 is 27.3 Å². The van der Waals surface area contributed by atoms with Gasteiger partial charge in [0.15, 0.2) is 4.21 Å². The number of phenolic OH excluding ortho intramolecular Hbond substituents is 1. The SMILES string of the molecule is O=S(=O)(Nc1cc(Cc2ccccc2)ccc1O)c1sccc1Br. The standard InChI is InChI=1S/C17H14BrNO3S2/c18-14-8-9-23-17(14)24(21,22)19-15-11-13(6-7-16(15)20)10-12-4-2-1-3-5-12/h1-9,11,19-20H,10H2. The lowest BCUT2D eigenvalue weighted by Crippen LogP contribution is -2.12. The molecule has 0 amide bonds. The molecular formula is C17H14BrNO3S2. The summed E-state index contributed by atoms with van der Waals surface area (Å²) in [4.78, 5) is 0. The third-order valence-electron chi connectivity index (χ3n) is 3.38. The van der Waals surface area contributed by atoms with Gasteiger partial charge >= 0.3 is 0 Å². The summed E-state index contributed by atoms with van der Waals surface area (Å²) in [6.07, 6.45) is 0.651. The highest BCUT2D eigenvalue weighted by molar-refractivity contribution is 9.10. The normalized spacial score (nSPS) is 11.4. The van der Waals surface area contributed by atoms with E-state index in [1.807, 2.05) is 30.3 Å². The maximum Gasteiger partial charge on any atom is 0.272 e. The molecule has 0 aliphatic rings. The van der Waals surface area contributed by atoms with Gasteiger partial charge in [-0.05, 0) is 57.1 Å². The average Bonchev–Trinajstić information content (AvgIpc) is 2.98. The van der Waals surface area contributed by atoms with Crippen molar-refractivity contribution < 1.29 is 13.5 Å².